The number of nitrogens with zero attached hydrogens (tertiary/aromatic N) is 4. The van der Waals surface area contributed by atoms with Crippen LogP contribution in [0.3, 0.4) is 0 Å². The molecule has 0 aromatic carbocycles. The summed E-state index contributed by atoms with van der Waals surface area (Å²) in [7, 11) is 3.67. The van der Waals surface area contributed by atoms with Crippen molar-refractivity contribution in [2.75, 3.05) is 13.6 Å². The molecule has 7 heteroatoms. The van der Waals surface area contributed by atoms with Crippen LogP contribution in [0.1, 0.15) is 30.9 Å². The van der Waals surface area contributed by atoms with Gasteiger partial charge in [-0.1, -0.05) is 0 Å². The van der Waals surface area contributed by atoms with Gasteiger partial charge in [0.25, 0.3) is 0 Å². The first kappa shape index (κ1) is 16.3. The maximum Gasteiger partial charge on any atom is 0.228 e. The number of amides is 2. The number of aryl methyl sites for hydroxylation is 1. The lowest BCUT2D eigenvalue weighted by Crippen LogP contribution is -2.37. The summed E-state index contributed by atoms with van der Waals surface area (Å²) < 4.78 is 1.89. The Labute approximate surface area is 141 Å². The molecule has 24 heavy (non-hydrogen) atoms. The van der Waals surface area contributed by atoms with Crippen LogP contribution >= 0.6 is 0 Å². The minimum atomic E-state index is -0.404. The summed E-state index contributed by atoms with van der Waals surface area (Å²) in [6, 6.07) is 3.54. The molecule has 2 amide bonds. The number of likely N-dealkylation sites (tertiary alicyclic amines) is 1. The monoisotopic (exact) mass is 329 g/mol. The van der Waals surface area contributed by atoms with Crippen molar-refractivity contribution < 1.29 is 9.59 Å². The Bertz CT molecular complexity index is 721. The van der Waals surface area contributed by atoms with Crippen LogP contribution in [0.2, 0.25) is 0 Å². The number of aromatic nitrogens is 3. The highest BCUT2D eigenvalue weighted by molar-refractivity contribution is 5.90. The first-order chi connectivity index (χ1) is 11.5. The van der Waals surface area contributed by atoms with Gasteiger partial charge in [0, 0.05) is 51.3 Å². The number of carbonyl (C=O) groups excluding carboxylic acids is 2. The molecular weight excluding hydrogens is 306 g/mol. The lowest BCUT2D eigenvalue weighted by Gasteiger charge is -2.28. The Morgan fingerprint density at radius 2 is 2.29 bits per heavy atom. The minimum Gasteiger partial charge on any atom is -0.364 e. The number of hydrogen-bond acceptors (Lipinski definition) is 3. The summed E-state index contributed by atoms with van der Waals surface area (Å²) in [5.41, 5.74) is 0.969. The highest BCUT2D eigenvalue weighted by atomic mass is 16.2. The van der Waals surface area contributed by atoms with Crippen LogP contribution in [0.5, 0.6) is 0 Å². The van der Waals surface area contributed by atoms with Crippen LogP contribution < -0.4 is 0 Å². The largest absolute Gasteiger partial charge is 0.364 e. The number of nitrogens with one attached hydrogen (secondary N) is 1. The molecule has 1 fully saturated rings. The fraction of sp³-hybridized carbons (Fsp3) is 0.471. The van der Waals surface area contributed by atoms with E-state index in [0.717, 1.165) is 11.5 Å². The van der Waals surface area contributed by atoms with E-state index >= 15 is 0 Å². The molecule has 128 valence electrons. The average molecular weight is 329 g/mol. The Hall–Kier alpha value is -2.57. The molecule has 0 saturated carbocycles. The smallest absolute Gasteiger partial charge is 0.228 e. The molecular formula is C17H23N5O2. The zero-order valence-electron chi connectivity index (χ0n) is 14.3. The van der Waals surface area contributed by atoms with Gasteiger partial charge in [-0.2, -0.15) is 0 Å². The van der Waals surface area contributed by atoms with Gasteiger partial charge in [-0.3, -0.25) is 9.59 Å². The van der Waals surface area contributed by atoms with Crippen molar-refractivity contribution >= 4 is 11.8 Å². The summed E-state index contributed by atoms with van der Waals surface area (Å²) in [4.78, 5) is 36.3. The van der Waals surface area contributed by atoms with Gasteiger partial charge in [-0.25, -0.2) is 4.98 Å². The maximum absolute atomic E-state index is 13.0. The number of rotatable bonds is 5. The lowest BCUT2D eigenvalue weighted by atomic mass is 9.97. The molecule has 0 bridgehead atoms. The van der Waals surface area contributed by atoms with E-state index in [4.69, 9.17) is 0 Å². The molecule has 1 N–H and O–H groups in total. The molecule has 2 atom stereocenters. The van der Waals surface area contributed by atoms with E-state index < -0.39 is 5.92 Å². The number of aromatic amines is 1. The third kappa shape index (κ3) is 2.81. The van der Waals surface area contributed by atoms with Crippen molar-refractivity contribution in [3.05, 3.63) is 42.2 Å². The molecule has 1 aliphatic rings. The van der Waals surface area contributed by atoms with Crippen LogP contribution in [0, 0.1) is 5.92 Å². The van der Waals surface area contributed by atoms with Gasteiger partial charge in [-0.15, -0.1) is 0 Å². The van der Waals surface area contributed by atoms with Crippen molar-refractivity contribution in [3.63, 3.8) is 0 Å². The van der Waals surface area contributed by atoms with E-state index in [1.165, 1.54) is 0 Å². The van der Waals surface area contributed by atoms with E-state index in [1.807, 2.05) is 43.1 Å². The fourth-order valence-corrected chi connectivity index (χ4v) is 3.45. The van der Waals surface area contributed by atoms with Gasteiger partial charge in [0.2, 0.25) is 11.8 Å². The van der Waals surface area contributed by atoms with Crippen LogP contribution in [0.25, 0.3) is 0 Å². The molecule has 0 radical (unpaired) electrons. The third-order valence-corrected chi connectivity index (χ3v) is 4.66. The minimum absolute atomic E-state index is 0.0112. The molecule has 2 aromatic rings. The second kappa shape index (κ2) is 6.51. The standard InChI is InChI=1S/C17H23N5O2/c1-4-22-14(23)10-13(15(22)16-19-8-9-20(16)2)17(24)21(3)11-12-6-5-7-18-12/h5-9,13,15,18H,4,10-11H2,1-3H3/t13-,15-/m0/s1. The number of imidazole rings is 1. The van der Waals surface area contributed by atoms with Gasteiger partial charge in [-0.05, 0) is 19.1 Å². The summed E-state index contributed by atoms with van der Waals surface area (Å²) in [5, 5.41) is 0. The van der Waals surface area contributed by atoms with Gasteiger partial charge in [0.05, 0.1) is 12.5 Å². The van der Waals surface area contributed by atoms with Gasteiger partial charge in [0.1, 0.15) is 11.9 Å². The highest BCUT2D eigenvalue weighted by Crippen LogP contribution is 2.38. The van der Waals surface area contributed by atoms with Crippen molar-refractivity contribution in [3.8, 4) is 0 Å². The number of hydrogen-bond donors (Lipinski definition) is 1. The molecule has 0 aliphatic carbocycles. The van der Waals surface area contributed by atoms with E-state index in [-0.39, 0.29) is 24.3 Å². The summed E-state index contributed by atoms with van der Waals surface area (Å²) in [5.74, 6) is 0.340. The normalized spacial score (nSPS) is 20.6. The summed E-state index contributed by atoms with van der Waals surface area (Å²) >= 11 is 0. The van der Waals surface area contributed by atoms with Crippen molar-refractivity contribution in [2.24, 2.45) is 13.0 Å². The molecule has 2 aromatic heterocycles. The van der Waals surface area contributed by atoms with Crippen molar-refractivity contribution in [2.45, 2.75) is 25.9 Å². The number of carbonyl (C=O) groups is 2. The van der Waals surface area contributed by atoms with Crippen molar-refractivity contribution in [1.29, 1.82) is 0 Å². The Morgan fingerprint density at radius 1 is 1.50 bits per heavy atom. The van der Waals surface area contributed by atoms with Crippen LogP contribution in [0.4, 0.5) is 0 Å². The SMILES string of the molecule is CCN1C(=O)C[C@H](C(=O)N(C)Cc2ccc[nH]2)[C@H]1c1nccn1C. The molecule has 0 spiro atoms. The topological polar surface area (TPSA) is 74.2 Å². The molecule has 1 saturated heterocycles. The predicted octanol–water partition coefficient (Wildman–Crippen LogP) is 1.32. The predicted molar refractivity (Wildman–Crippen MR) is 88.7 cm³/mol. The van der Waals surface area contributed by atoms with Gasteiger partial charge >= 0.3 is 0 Å². The van der Waals surface area contributed by atoms with Gasteiger partial charge < -0.3 is 19.4 Å². The zero-order valence-corrected chi connectivity index (χ0v) is 14.3. The summed E-state index contributed by atoms with van der Waals surface area (Å²) in [6.45, 7) is 3.00. The average Bonchev–Trinajstić information content (AvgIpc) is 3.27. The van der Waals surface area contributed by atoms with Crippen molar-refractivity contribution in [1.82, 2.24) is 24.3 Å². The summed E-state index contributed by atoms with van der Waals surface area (Å²) in [6.07, 6.45) is 5.62. The first-order valence-electron chi connectivity index (χ1n) is 8.16. The lowest BCUT2D eigenvalue weighted by molar-refractivity contribution is -0.136. The highest BCUT2D eigenvalue weighted by Gasteiger charge is 2.46. The Kier molecular flexibility index (Phi) is 4.42. The van der Waals surface area contributed by atoms with E-state index in [2.05, 4.69) is 9.97 Å². The van der Waals surface area contributed by atoms with E-state index in [1.54, 1.807) is 23.0 Å². The second-order valence-corrected chi connectivity index (χ2v) is 6.22. The van der Waals surface area contributed by atoms with Crippen LogP contribution in [-0.2, 0) is 23.2 Å². The maximum atomic E-state index is 13.0. The molecule has 7 nitrogen and oxygen atoms in total. The third-order valence-electron chi connectivity index (χ3n) is 4.66. The Balaban J connectivity index is 1.85. The first-order valence-corrected chi connectivity index (χ1v) is 8.16. The van der Waals surface area contributed by atoms with Crippen LogP contribution in [-0.4, -0.2) is 49.7 Å². The number of H-pyrrole nitrogens is 1. The molecule has 0 unspecified atom stereocenters. The van der Waals surface area contributed by atoms with E-state index in [9.17, 15) is 9.59 Å². The second-order valence-electron chi connectivity index (χ2n) is 6.22. The quantitative estimate of drug-likeness (QED) is 0.899. The molecule has 1 aliphatic heterocycles. The Morgan fingerprint density at radius 3 is 2.88 bits per heavy atom. The molecule has 3 heterocycles. The fourth-order valence-electron chi connectivity index (χ4n) is 3.45. The molecule has 3 rings (SSSR count). The van der Waals surface area contributed by atoms with Gasteiger partial charge in [0.15, 0.2) is 0 Å². The van der Waals surface area contributed by atoms with E-state index in [0.29, 0.717) is 13.1 Å². The van der Waals surface area contributed by atoms with Crippen LogP contribution in [0.15, 0.2) is 30.7 Å². The zero-order chi connectivity index (χ0) is 17.3.